The maximum Gasteiger partial charge on any atom is 0.290 e. The van der Waals surface area contributed by atoms with Crippen molar-refractivity contribution in [1.29, 1.82) is 0 Å². The molecular weight excluding hydrogens is 365 g/mol. The van der Waals surface area contributed by atoms with Gasteiger partial charge in [-0.1, -0.05) is 18.2 Å². The van der Waals surface area contributed by atoms with Crippen LogP contribution in [0.15, 0.2) is 58.4 Å². The minimum Gasteiger partial charge on any atom is -0.503 e. The number of carbonyl (C=O) groups is 2. The van der Waals surface area contributed by atoms with Gasteiger partial charge in [0.05, 0.1) is 24.0 Å². The first-order valence-electron chi connectivity index (χ1n) is 9.10. The fourth-order valence-corrected chi connectivity index (χ4v) is 3.23. The van der Waals surface area contributed by atoms with Gasteiger partial charge in [-0.2, -0.15) is 0 Å². The molecule has 0 bridgehead atoms. The summed E-state index contributed by atoms with van der Waals surface area (Å²) in [6.07, 6.45) is 1.84. The van der Waals surface area contributed by atoms with Gasteiger partial charge in [0.1, 0.15) is 5.82 Å². The summed E-state index contributed by atoms with van der Waals surface area (Å²) in [5.41, 5.74) is -0.0468. The number of hydrogen-bond acceptors (Lipinski definition) is 5. The standard InChI is InChI=1S/C21H22FNO5/c1-13(2)27-12-6-10-23-18(14-7-3-4-8-15(14)22)17(20(25)21(23)26)19(24)16-9-5-11-28-16/h3-5,7-9,11,13,18,25H,6,10,12H2,1-2H3. The third kappa shape index (κ3) is 3.84. The largest absolute Gasteiger partial charge is 0.503 e. The first-order valence-corrected chi connectivity index (χ1v) is 9.10. The topological polar surface area (TPSA) is 80.0 Å². The summed E-state index contributed by atoms with van der Waals surface area (Å²) in [6.45, 7) is 4.39. The van der Waals surface area contributed by atoms with Gasteiger partial charge in [-0.05, 0) is 38.5 Å². The molecule has 1 aromatic heterocycles. The van der Waals surface area contributed by atoms with Crippen LogP contribution in [0.25, 0.3) is 0 Å². The molecule has 3 rings (SSSR count). The van der Waals surface area contributed by atoms with E-state index >= 15 is 0 Å². The Morgan fingerprint density at radius 2 is 2.04 bits per heavy atom. The number of amides is 1. The highest BCUT2D eigenvalue weighted by atomic mass is 19.1. The van der Waals surface area contributed by atoms with Crippen LogP contribution >= 0.6 is 0 Å². The number of nitrogens with zero attached hydrogens (tertiary/aromatic N) is 1. The van der Waals surface area contributed by atoms with E-state index in [1.165, 1.54) is 41.5 Å². The molecule has 7 heteroatoms. The smallest absolute Gasteiger partial charge is 0.290 e. The number of carbonyl (C=O) groups excluding carboxylic acids is 2. The lowest BCUT2D eigenvalue weighted by atomic mass is 9.94. The molecule has 1 aromatic carbocycles. The summed E-state index contributed by atoms with van der Waals surface area (Å²) < 4.78 is 25.2. The van der Waals surface area contributed by atoms with Gasteiger partial charge >= 0.3 is 0 Å². The summed E-state index contributed by atoms with van der Waals surface area (Å²) in [7, 11) is 0. The fraction of sp³-hybridized carbons (Fsp3) is 0.333. The Balaban J connectivity index is 1.96. The highest BCUT2D eigenvalue weighted by Gasteiger charge is 2.45. The van der Waals surface area contributed by atoms with Gasteiger partial charge in [0.15, 0.2) is 11.5 Å². The molecule has 2 aromatic rings. The van der Waals surface area contributed by atoms with E-state index in [-0.39, 0.29) is 29.5 Å². The molecule has 0 spiro atoms. The van der Waals surface area contributed by atoms with E-state index < -0.39 is 29.3 Å². The molecule has 0 aliphatic carbocycles. The first kappa shape index (κ1) is 19.8. The number of halogens is 1. The van der Waals surface area contributed by atoms with Crippen molar-refractivity contribution in [2.75, 3.05) is 13.2 Å². The summed E-state index contributed by atoms with van der Waals surface area (Å²) in [5, 5.41) is 10.4. The Morgan fingerprint density at radius 3 is 2.68 bits per heavy atom. The van der Waals surface area contributed by atoms with Gasteiger partial charge < -0.3 is 19.2 Å². The van der Waals surface area contributed by atoms with Gasteiger partial charge in [0, 0.05) is 18.7 Å². The van der Waals surface area contributed by atoms with Crippen molar-refractivity contribution in [1.82, 2.24) is 4.90 Å². The normalized spacial score (nSPS) is 17.1. The van der Waals surface area contributed by atoms with E-state index in [0.29, 0.717) is 13.0 Å². The third-order valence-electron chi connectivity index (χ3n) is 4.49. The van der Waals surface area contributed by atoms with E-state index in [0.717, 1.165) is 0 Å². The van der Waals surface area contributed by atoms with Crippen LogP contribution < -0.4 is 0 Å². The Bertz CT molecular complexity index is 888. The van der Waals surface area contributed by atoms with Crippen molar-refractivity contribution in [2.45, 2.75) is 32.4 Å². The Morgan fingerprint density at radius 1 is 1.29 bits per heavy atom. The van der Waals surface area contributed by atoms with Crippen molar-refractivity contribution in [3.63, 3.8) is 0 Å². The number of aliphatic hydroxyl groups excluding tert-OH is 1. The van der Waals surface area contributed by atoms with Gasteiger partial charge in [-0.3, -0.25) is 9.59 Å². The minimum absolute atomic E-state index is 0.0271. The van der Waals surface area contributed by atoms with Crippen LogP contribution in [-0.4, -0.2) is 41.0 Å². The van der Waals surface area contributed by atoms with E-state index in [4.69, 9.17) is 9.15 Å². The predicted molar refractivity (Wildman–Crippen MR) is 99.3 cm³/mol. The van der Waals surface area contributed by atoms with Gasteiger partial charge in [-0.15, -0.1) is 0 Å². The van der Waals surface area contributed by atoms with Crippen LogP contribution in [0.3, 0.4) is 0 Å². The SMILES string of the molecule is CC(C)OCCCN1C(=O)C(O)=C(C(=O)c2ccco2)C1c1ccccc1F. The molecule has 28 heavy (non-hydrogen) atoms. The summed E-state index contributed by atoms with van der Waals surface area (Å²) in [5.74, 6) is -2.64. The first-order chi connectivity index (χ1) is 13.4. The molecule has 1 amide bonds. The van der Waals surface area contributed by atoms with E-state index in [9.17, 15) is 19.1 Å². The van der Waals surface area contributed by atoms with Crippen molar-refractivity contribution in [2.24, 2.45) is 0 Å². The monoisotopic (exact) mass is 387 g/mol. The molecule has 1 aliphatic heterocycles. The molecule has 1 aliphatic rings. The summed E-state index contributed by atoms with van der Waals surface area (Å²) >= 11 is 0. The van der Waals surface area contributed by atoms with Crippen molar-refractivity contribution in [3.8, 4) is 0 Å². The lowest BCUT2D eigenvalue weighted by Crippen LogP contribution is -2.33. The Labute approximate surface area is 162 Å². The summed E-state index contributed by atoms with van der Waals surface area (Å²) in [4.78, 5) is 26.9. The molecule has 148 valence electrons. The number of aliphatic hydroxyl groups is 1. The number of furan rings is 1. The number of hydrogen-bond donors (Lipinski definition) is 1. The summed E-state index contributed by atoms with van der Waals surface area (Å²) in [6, 6.07) is 7.82. The molecule has 2 heterocycles. The molecule has 6 nitrogen and oxygen atoms in total. The second kappa shape index (κ2) is 8.39. The number of rotatable bonds is 8. The lowest BCUT2D eigenvalue weighted by molar-refractivity contribution is -0.129. The van der Waals surface area contributed by atoms with Crippen molar-refractivity contribution in [3.05, 3.63) is 71.1 Å². The molecule has 0 radical (unpaired) electrons. The average molecular weight is 387 g/mol. The fourth-order valence-electron chi connectivity index (χ4n) is 3.23. The highest BCUT2D eigenvalue weighted by molar-refractivity contribution is 6.15. The van der Waals surface area contributed by atoms with E-state index in [1.807, 2.05) is 13.8 Å². The van der Waals surface area contributed by atoms with Crippen LogP contribution in [0.4, 0.5) is 4.39 Å². The van der Waals surface area contributed by atoms with Crippen LogP contribution in [0, 0.1) is 5.82 Å². The number of Topliss-reactive ketones (excluding diaryl/α,β-unsaturated/α-hetero) is 1. The van der Waals surface area contributed by atoms with E-state index in [2.05, 4.69) is 0 Å². The van der Waals surface area contributed by atoms with Crippen LogP contribution in [-0.2, 0) is 9.53 Å². The van der Waals surface area contributed by atoms with Gasteiger partial charge in [0.25, 0.3) is 5.91 Å². The molecule has 0 fully saturated rings. The van der Waals surface area contributed by atoms with Crippen molar-refractivity contribution >= 4 is 11.7 Å². The maximum absolute atomic E-state index is 14.5. The van der Waals surface area contributed by atoms with Gasteiger partial charge in [0.2, 0.25) is 5.78 Å². The quantitative estimate of drug-likeness (QED) is 0.550. The molecular formula is C21H22FNO5. The zero-order valence-corrected chi connectivity index (χ0v) is 15.7. The number of ketones is 1. The third-order valence-corrected chi connectivity index (χ3v) is 4.49. The maximum atomic E-state index is 14.5. The minimum atomic E-state index is -1.04. The second-order valence-electron chi connectivity index (χ2n) is 6.76. The second-order valence-corrected chi connectivity index (χ2v) is 6.76. The zero-order chi connectivity index (χ0) is 20.3. The Kier molecular flexibility index (Phi) is 5.94. The zero-order valence-electron chi connectivity index (χ0n) is 15.7. The average Bonchev–Trinajstić information content (AvgIpc) is 3.28. The molecule has 1 atom stereocenters. The molecule has 1 N–H and O–H groups in total. The van der Waals surface area contributed by atoms with E-state index in [1.54, 1.807) is 6.07 Å². The van der Waals surface area contributed by atoms with Crippen LogP contribution in [0.5, 0.6) is 0 Å². The Hall–Kier alpha value is -2.93. The molecule has 0 saturated heterocycles. The van der Waals surface area contributed by atoms with Crippen LogP contribution in [0.1, 0.15) is 42.4 Å². The molecule has 1 unspecified atom stereocenters. The van der Waals surface area contributed by atoms with Crippen LogP contribution in [0.2, 0.25) is 0 Å². The van der Waals surface area contributed by atoms with Gasteiger partial charge in [-0.25, -0.2) is 4.39 Å². The number of ether oxygens (including phenoxy) is 1. The molecule has 0 saturated carbocycles. The number of benzene rings is 1. The highest BCUT2D eigenvalue weighted by Crippen LogP contribution is 2.39. The lowest BCUT2D eigenvalue weighted by Gasteiger charge is -2.27. The van der Waals surface area contributed by atoms with Crippen molar-refractivity contribution < 1.29 is 28.2 Å². The predicted octanol–water partition coefficient (Wildman–Crippen LogP) is 3.81.